The van der Waals surface area contributed by atoms with Gasteiger partial charge in [0.1, 0.15) is 11.6 Å². The lowest BCUT2D eigenvalue weighted by Gasteiger charge is -2.29. The van der Waals surface area contributed by atoms with Crippen LogP contribution in [0.1, 0.15) is 38.2 Å². The number of carbonyl (C=O) groups is 1. The molecular formula is C19H22N2O. The van der Waals surface area contributed by atoms with Crippen LogP contribution in [0.2, 0.25) is 0 Å². The van der Waals surface area contributed by atoms with Gasteiger partial charge in [-0.1, -0.05) is 62.2 Å². The zero-order valence-corrected chi connectivity index (χ0v) is 13.0. The summed E-state index contributed by atoms with van der Waals surface area (Å²) in [5, 5.41) is 12.2. The van der Waals surface area contributed by atoms with Crippen LogP contribution in [0.5, 0.6) is 0 Å². The Balaban J connectivity index is 1.98. The molecule has 1 N–H and O–H groups in total. The van der Waals surface area contributed by atoms with Gasteiger partial charge in [0, 0.05) is 6.04 Å². The van der Waals surface area contributed by atoms with Crippen LogP contribution in [-0.4, -0.2) is 11.9 Å². The van der Waals surface area contributed by atoms with Crippen molar-refractivity contribution in [2.45, 2.75) is 38.6 Å². The number of nitriles is 1. The fraction of sp³-hybridized carbons (Fsp3) is 0.368. The summed E-state index contributed by atoms with van der Waals surface area (Å²) in [5.41, 5.74) is 1.20. The van der Waals surface area contributed by atoms with E-state index in [0.717, 1.165) is 24.8 Å². The summed E-state index contributed by atoms with van der Waals surface area (Å²) in [5.74, 6) is 0.219. The van der Waals surface area contributed by atoms with E-state index in [9.17, 15) is 10.1 Å². The molecule has 0 aliphatic heterocycles. The van der Waals surface area contributed by atoms with E-state index in [4.69, 9.17) is 0 Å². The standard InChI is InChI=1S/C19H22N2O/c1-15-8-5-6-13-18(15)21-19(22)17(14-20)12-7-11-16-9-3-2-4-10-16/h2-4,7,9-12,15,18H,5-6,8,13H2,1H3,(H,21,22)/b11-7+,17-12+/t15-,18+/m1/s1. The Hall–Kier alpha value is -2.34. The first-order chi connectivity index (χ1) is 10.7. The fourth-order valence-corrected chi connectivity index (χ4v) is 2.76. The molecule has 2 rings (SSSR count). The predicted molar refractivity (Wildman–Crippen MR) is 88.7 cm³/mol. The molecule has 1 aromatic carbocycles. The summed E-state index contributed by atoms with van der Waals surface area (Å²) in [6, 6.07) is 12.0. The molecule has 3 nitrogen and oxygen atoms in total. The molecule has 0 bridgehead atoms. The van der Waals surface area contributed by atoms with Crippen LogP contribution < -0.4 is 5.32 Å². The first-order valence-electron chi connectivity index (χ1n) is 7.85. The van der Waals surface area contributed by atoms with E-state index >= 15 is 0 Å². The molecule has 1 amide bonds. The van der Waals surface area contributed by atoms with Crippen molar-refractivity contribution >= 4 is 12.0 Å². The number of allylic oxidation sites excluding steroid dienone is 2. The van der Waals surface area contributed by atoms with Gasteiger partial charge in [-0.05, 0) is 30.4 Å². The molecule has 0 radical (unpaired) electrons. The second kappa shape index (κ2) is 8.19. The van der Waals surface area contributed by atoms with Crippen molar-refractivity contribution in [3.05, 3.63) is 53.6 Å². The zero-order valence-electron chi connectivity index (χ0n) is 13.0. The Bertz CT molecular complexity index is 596. The third-order valence-corrected chi connectivity index (χ3v) is 4.14. The summed E-state index contributed by atoms with van der Waals surface area (Å²) in [7, 11) is 0. The highest BCUT2D eigenvalue weighted by Gasteiger charge is 2.23. The van der Waals surface area contributed by atoms with Crippen LogP contribution in [-0.2, 0) is 4.79 Å². The lowest BCUT2D eigenvalue weighted by Crippen LogP contribution is -2.41. The average Bonchev–Trinajstić information content (AvgIpc) is 2.54. The molecule has 1 aliphatic rings. The Morgan fingerprint density at radius 3 is 2.68 bits per heavy atom. The van der Waals surface area contributed by atoms with Crippen LogP contribution in [0, 0.1) is 17.2 Å². The smallest absolute Gasteiger partial charge is 0.262 e. The van der Waals surface area contributed by atoms with Crippen molar-refractivity contribution in [3.8, 4) is 6.07 Å². The molecule has 1 aromatic rings. The summed E-state index contributed by atoms with van der Waals surface area (Å²) in [6.07, 6.45) is 9.74. The molecule has 0 aromatic heterocycles. The van der Waals surface area contributed by atoms with E-state index in [1.54, 1.807) is 12.2 Å². The molecule has 114 valence electrons. The number of hydrogen-bond donors (Lipinski definition) is 1. The lowest BCUT2D eigenvalue weighted by atomic mass is 9.86. The second-order valence-corrected chi connectivity index (χ2v) is 5.80. The van der Waals surface area contributed by atoms with E-state index in [2.05, 4.69) is 12.2 Å². The fourth-order valence-electron chi connectivity index (χ4n) is 2.76. The minimum absolute atomic E-state index is 0.157. The molecule has 0 spiro atoms. The number of nitrogens with zero attached hydrogens (tertiary/aromatic N) is 1. The minimum Gasteiger partial charge on any atom is -0.348 e. The van der Waals surface area contributed by atoms with Gasteiger partial charge in [-0.25, -0.2) is 0 Å². The van der Waals surface area contributed by atoms with Crippen molar-refractivity contribution in [1.82, 2.24) is 5.32 Å². The van der Waals surface area contributed by atoms with Crippen molar-refractivity contribution in [2.75, 3.05) is 0 Å². The number of carbonyl (C=O) groups excluding carboxylic acids is 1. The lowest BCUT2D eigenvalue weighted by molar-refractivity contribution is -0.118. The Labute approximate surface area is 132 Å². The van der Waals surface area contributed by atoms with Crippen LogP contribution in [0.3, 0.4) is 0 Å². The number of amides is 1. The molecule has 22 heavy (non-hydrogen) atoms. The van der Waals surface area contributed by atoms with Gasteiger partial charge < -0.3 is 5.32 Å². The maximum absolute atomic E-state index is 12.2. The SMILES string of the molecule is C[C@@H]1CCCC[C@@H]1NC(=O)/C(C#N)=C/C=C/c1ccccc1. The van der Waals surface area contributed by atoms with E-state index in [1.165, 1.54) is 6.42 Å². The maximum Gasteiger partial charge on any atom is 0.262 e. The molecule has 1 aliphatic carbocycles. The highest BCUT2D eigenvalue weighted by atomic mass is 16.1. The van der Waals surface area contributed by atoms with Crippen LogP contribution in [0.4, 0.5) is 0 Å². The molecule has 0 heterocycles. The monoisotopic (exact) mass is 294 g/mol. The third-order valence-electron chi connectivity index (χ3n) is 4.14. The molecular weight excluding hydrogens is 272 g/mol. The van der Waals surface area contributed by atoms with Gasteiger partial charge in [-0.3, -0.25) is 4.79 Å². The zero-order chi connectivity index (χ0) is 15.8. The van der Waals surface area contributed by atoms with Gasteiger partial charge in [0.05, 0.1) is 0 Å². The predicted octanol–water partition coefficient (Wildman–Crippen LogP) is 3.84. The van der Waals surface area contributed by atoms with Crippen LogP contribution in [0.25, 0.3) is 6.08 Å². The Morgan fingerprint density at radius 2 is 2.00 bits per heavy atom. The highest BCUT2D eigenvalue weighted by Crippen LogP contribution is 2.23. The number of benzene rings is 1. The summed E-state index contributed by atoms with van der Waals surface area (Å²) in [6.45, 7) is 2.16. The maximum atomic E-state index is 12.2. The quantitative estimate of drug-likeness (QED) is 0.521. The van der Waals surface area contributed by atoms with Crippen molar-refractivity contribution in [3.63, 3.8) is 0 Å². The second-order valence-electron chi connectivity index (χ2n) is 5.80. The van der Waals surface area contributed by atoms with Gasteiger partial charge in [0.25, 0.3) is 5.91 Å². The van der Waals surface area contributed by atoms with E-state index < -0.39 is 0 Å². The Kier molecular flexibility index (Phi) is 5.97. The molecule has 0 unspecified atom stereocenters. The van der Waals surface area contributed by atoms with Crippen LogP contribution >= 0.6 is 0 Å². The number of hydrogen-bond acceptors (Lipinski definition) is 2. The highest BCUT2D eigenvalue weighted by molar-refractivity contribution is 5.97. The number of nitrogens with one attached hydrogen (secondary N) is 1. The molecule has 3 heteroatoms. The molecule has 1 saturated carbocycles. The minimum atomic E-state index is -0.265. The first kappa shape index (κ1) is 16.0. The number of rotatable bonds is 4. The van der Waals surface area contributed by atoms with Gasteiger partial charge in [0.2, 0.25) is 0 Å². The topological polar surface area (TPSA) is 52.9 Å². The van der Waals surface area contributed by atoms with Crippen molar-refractivity contribution in [2.24, 2.45) is 5.92 Å². The third kappa shape index (κ3) is 4.60. The van der Waals surface area contributed by atoms with Crippen molar-refractivity contribution < 1.29 is 4.79 Å². The van der Waals surface area contributed by atoms with E-state index in [0.29, 0.717) is 5.92 Å². The van der Waals surface area contributed by atoms with Gasteiger partial charge in [0.15, 0.2) is 0 Å². The molecule has 1 fully saturated rings. The summed E-state index contributed by atoms with van der Waals surface area (Å²) in [4.78, 5) is 12.2. The first-order valence-corrected chi connectivity index (χ1v) is 7.85. The van der Waals surface area contributed by atoms with Gasteiger partial charge in [-0.15, -0.1) is 0 Å². The summed E-state index contributed by atoms with van der Waals surface area (Å²) >= 11 is 0. The van der Waals surface area contributed by atoms with E-state index in [-0.39, 0.29) is 17.5 Å². The molecule has 2 atom stereocenters. The van der Waals surface area contributed by atoms with Gasteiger partial charge >= 0.3 is 0 Å². The summed E-state index contributed by atoms with van der Waals surface area (Å²) < 4.78 is 0. The van der Waals surface area contributed by atoms with E-state index in [1.807, 2.05) is 42.5 Å². The normalized spacial score (nSPS) is 22.3. The van der Waals surface area contributed by atoms with Gasteiger partial charge in [-0.2, -0.15) is 5.26 Å². The van der Waals surface area contributed by atoms with Crippen LogP contribution in [0.15, 0.2) is 48.1 Å². The average molecular weight is 294 g/mol. The van der Waals surface area contributed by atoms with Crippen molar-refractivity contribution in [1.29, 1.82) is 5.26 Å². The largest absolute Gasteiger partial charge is 0.348 e. The molecule has 0 saturated heterocycles. The Morgan fingerprint density at radius 1 is 1.27 bits per heavy atom.